The monoisotopic (exact) mass is 241 g/mol. The number of nitrogens with one attached hydrogen (secondary N) is 1. The number of carbonyl (C=O) groups excluding carboxylic acids is 2. The van der Waals surface area contributed by atoms with Gasteiger partial charge in [0.05, 0.1) is 13.1 Å². The summed E-state index contributed by atoms with van der Waals surface area (Å²) in [7, 11) is 1.67. The Morgan fingerprint density at radius 1 is 1.24 bits per heavy atom. The van der Waals surface area contributed by atoms with E-state index in [4.69, 9.17) is 0 Å². The number of likely N-dealkylation sites (N-methyl/N-ethyl adjacent to an activating group) is 1. The number of rotatable bonds is 6. The Morgan fingerprint density at radius 3 is 2.53 bits per heavy atom. The quantitative estimate of drug-likeness (QED) is 0.716. The second kappa shape index (κ2) is 6.59. The molecule has 5 nitrogen and oxygen atoms in total. The number of hydrogen-bond donors (Lipinski definition) is 1. The molecular weight excluding hydrogens is 218 g/mol. The van der Waals surface area contributed by atoms with Crippen molar-refractivity contribution < 1.29 is 9.59 Å². The third kappa shape index (κ3) is 4.00. The van der Waals surface area contributed by atoms with Gasteiger partial charge < -0.3 is 15.1 Å². The van der Waals surface area contributed by atoms with Crippen molar-refractivity contribution in [2.45, 2.75) is 32.7 Å². The van der Waals surface area contributed by atoms with Gasteiger partial charge in [-0.2, -0.15) is 0 Å². The molecule has 0 aromatic carbocycles. The summed E-state index contributed by atoms with van der Waals surface area (Å²) in [6, 6.07) is 0.287. The number of piperazine rings is 1. The zero-order valence-electron chi connectivity index (χ0n) is 11.0. The van der Waals surface area contributed by atoms with E-state index in [1.807, 2.05) is 0 Å². The first-order valence-corrected chi connectivity index (χ1v) is 6.33. The van der Waals surface area contributed by atoms with Gasteiger partial charge in [-0.05, 0) is 19.4 Å². The van der Waals surface area contributed by atoms with Gasteiger partial charge in [-0.3, -0.25) is 9.59 Å². The lowest BCUT2D eigenvalue weighted by Crippen LogP contribution is -2.55. The van der Waals surface area contributed by atoms with Crippen LogP contribution in [0.2, 0.25) is 0 Å². The molecule has 0 aromatic heterocycles. The van der Waals surface area contributed by atoms with Crippen LogP contribution >= 0.6 is 0 Å². The van der Waals surface area contributed by atoms with Crippen LogP contribution in [0.3, 0.4) is 0 Å². The molecule has 0 bridgehead atoms. The van der Waals surface area contributed by atoms with Crippen LogP contribution < -0.4 is 5.32 Å². The minimum Gasteiger partial charge on any atom is -0.335 e. The van der Waals surface area contributed by atoms with Crippen LogP contribution in [0.5, 0.6) is 0 Å². The third-order valence-electron chi connectivity index (χ3n) is 3.09. The molecule has 2 amide bonds. The smallest absolute Gasteiger partial charge is 0.242 e. The summed E-state index contributed by atoms with van der Waals surface area (Å²) in [5, 5.41) is 3.39. The van der Waals surface area contributed by atoms with Crippen molar-refractivity contribution in [1.29, 1.82) is 0 Å². The van der Waals surface area contributed by atoms with Gasteiger partial charge in [0.2, 0.25) is 11.8 Å². The molecular formula is C12H23N3O2. The Hall–Kier alpha value is -1.10. The summed E-state index contributed by atoms with van der Waals surface area (Å²) in [5.74, 6) is 0.0683. The van der Waals surface area contributed by atoms with Gasteiger partial charge in [-0.25, -0.2) is 0 Å². The molecule has 17 heavy (non-hydrogen) atoms. The van der Waals surface area contributed by atoms with E-state index in [9.17, 15) is 9.59 Å². The number of hydrogen-bond acceptors (Lipinski definition) is 3. The Bertz CT molecular complexity index is 281. The van der Waals surface area contributed by atoms with Gasteiger partial charge in [0.15, 0.2) is 0 Å². The number of nitrogens with zero attached hydrogens (tertiary/aromatic N) is 2. The van der Waals surface area contributed by atoms with Crippen molar-refractivity contribution in [1.82, 2.24) is 15.1 Å². The maximum atomic E-state index is 11.8. The molecule has 0 aromatic rings. The maximum absolute atomic E-state index is 11.8. The topological polar surface area (TPSA) is 52.7 Å². The fraction of sp³-hybridized carbons (Fsp3) is 0.833. The van der Waals surface area contributed by atoms with Crippen LogP contribution in [0, 0.1) is 0 Å². The molecule has 1 rings (SSSR count). The summed E-state index contributed by atoms with van der Waals surface area (Å²) in [6.45, 7) is 6.23. The summed E-state index contributed by atoms with van der Waals surface area (Å²) in [5.41, 5.74) is 0. The highest BCUT2D eigenvalue weighted by atomic mass is 16.2. The zero-order valence-corrected chi connectivity index (χ0v) is 11.0. The van der Waals surface area contributed by atoms with Crippen molar-refractivity contribution in [2.75, 3.05) is 33.2 Å². The Balaban J connectivity index is 2.48. The molecule has 1 N–H and O–H groups in total. The average molecular weight is 241 g/mol. The fourth-order valence-electron chi connectivity index (χ4n) is 1.88. The molecule has 0 spiro atoms. The van der Waals surface area contributed by atoms with Crippen molar-refractivity contribution >= 4 is 11.8 Å². The second-order valence-electron chi connectivity index (χ2n) is 4.58. The van der Waals surface area contributed by atoms with E-state index in [0.717, 1.165) is 19.4 Å². The lowest BCUT2D eigenvalue weighted by molar-refractivity contribution is -0.149. The van der Waals surface area contributed by atoms with Crippen LogP contribution in [0.15, 0.2) is 0 Å². The molecule has 0 saturated carbocycles. The predicted molar refractivity (Wildman–Crippen MR) is 66.6 cm³/mol. The van der Waals surface area contributed by atoms with Crippen LogP contribution in [0.1, 0.15) is 26.7 Å². The minimum absolute atomic E-state index is 0.0231. The van der Waals surface area contributed by atoms with E-state index >= 15 is 0 Å². The number of amides is 2. The van der Waals surface area contributed by atoms with E-state index in [1.54, 1.807) is 11.9 Å². The van der Waals surface area contributed by atoms with Gasteiger partial charge in [-0.15, -0.1) is 0 Å². The normalized spacial score (nSPS) is 18.8. The lowest BCUT2D eigenvalue weighted by Gasteiger charge is -2.34. The molecule has 1 unspecified atom stereocenters. The van der Waals surface area contributed by atoms with E-state index in [-0.39, 0.29) is 30.9 Å². The Kier molecular flexibility index (Phi) is 5.41. The average Bonchev–Trinajstić information content (AvgIpc) is 2.30. The first-order chi connectivity index (χ1) is 8.08. The highest BCUT2D eigenvalue weighted by Gasteiger charge is 2.28. The summed E-state index contributed by atoms with van der Waals surface area (Å²) >= 11 is 0. The third-order valence-corrected chi connectivity index (χ3v) is 3.09. The molecule has 1 aliphatic rings. The van der Waals surface area contributed by atoms with Crippen LogP contribution in [0.4, 0.5) is 0 Å². The van der Waals surface area contributed by atoms with Crippen LogP contribution in [-0.4, -0.2) is 60.9 Å². The largest absolute Gasteiger partial charge is 0.335 e. The predicted octanol–water partition coefficient (Wildman–Crippen LogP) is 0.0652. The Morgan fingerprint density at radius 2 is 1.94 bits per heavy atom. The second-order valence-corrected chi connectivity index (χ2v) is 4.58. The lowest BCUT2D eigenvalue weighted by atomic mass is 10.2. The molecule has 1 fully saturated rings. The standard InChI is InChI=1S/C12H23N3O2/c1-4-6-13-10(5-2)7-15-9-11(16)14(3)8-12(15)17/h10,13H,4-9H2,1-3H3. The minimum atomic E-state index is 0.0231. The van der Waals surface area contributed by atoms with E-state index in [2.05, 4.69) is 19.2 Å². The first kappa shape index (κ1) is 14.0. The van der Waals surface area contributed by atoms with Crippen molar-refractivity contribution in [3.63, 3.8) is 0 Å². The molecule has 1 saturated heterocycles. The van der Waals surface area contributed by atoms with E-state index in [1.165, 1.54) is 4.90 Å². The zero-order chi connectivity index (χ0) is 12.8. The fourth-order valence-corrected chi connectivity index (χ4v) is 1.88. The molecule has 98 valence electrons. The SMILES string of the molecule is CCCNC(CC)CN1CC(=O)N(C)CC1=O. The van der Waals surface area contributed by atoms with Crippen LogP contribution in [0.25, 0.3) is 0 Å². The molecule has 1 atom stereocenters. The van der Waals surface area contributed by atoms with Crippen LogP contribution in [-0.2, 0) is 9.59 Å². The number of carbonyl (C=O) groups is 2. The summed E-state index contributed by atoms with van der Waals surface area (Å²) in [6.07, 6.45) is 2.04. The summed E-state index contributed by atoms with van der Waals surface area (Å²) < 4.78 is 0. The molecule has 1 aliphatic heterocycles. The van der Waals surface area contributed by atoms with E-state index in [0.29, 0.717) is 6.54 Å². The van der Waals surface area contributed by atoms with Crippen molar-refractivity contribution in [3.05, 3.63) is 0 Å². The molecule has 0 aliphatic carbocycles. The molecule has 5 heteroatoms. The molecule has 1 heterocycles. The van der Waals surface area contributed by atoms with Crippen molar-refractivity contribution in [2.24, 2.45) is 0 Å². The Labute approximate surface area is 103 Å². The van der Waals surface area contributed by atoms with Gasteiger partial charge in [0.25, 0.3) is 0 Å². The van der Waals surface area contributed by atoms with Gasteiger partial charge in [-0.1, -0.05) is 13.8 Å². The van der Waals surface area contributed by atoms with Gasteiger partial charge >= 0.3 is 0 Å². The van der Waals surface area contributed by atoms with Crippen molar-refractivity contribution in [3.8, 4) is 0 Å². The van der Waals surface area contributed by atoms with E-state index < -0.39 is 0 Å². The van der Waals surface area contributed by atoms with Gasteiger partial charge in [0, 0.05) is 19.6 Å². The first-order valence-electron chi connectivity index (χ1n) is 6.33. The van der Waals surface area contributed by atoms with Gasteiger partial charge in [0.1, 0.15) is 0 Å². The summed E-state index contributed by atoms with van der Waals surface area (Å²) in [4.78, 5) is 26.5. The molecule has 0 radical (unpaired) electrons. The highest BCUT2D eigenvalue weighted by molar-refractivity contribution is 5.92. The highest BCUT2D eigenvalue weighted by Crippen LogP contribution is 2.05. The maximum Gasteiger partial charge on any atom is 0.242 e.